The van der Waals surface area contributed by atoms with E-state index in [2.05, 4.69) is 5.32 Å². The zero-order valence-electron chi connectivity index (χ0n) is 12.4. The lowest BCUT2D eigenvalue weighted by atomic mass is 10.1. The van der Waals surface area contributed by atoms with Crippen LogP contribution in [0, 0.1) is 5.82 Å². The lowest BCUT2D eigenvalue weighted by molar-refractivity contribution is -0.127. The van der Waals surface area contributed by atoms with E-state index >= 15 is 0 Å². The predicted octanol–water partition coefficient (Wildman–Crippen LogP) is 2.53. The van der Waals surface area contributed by atoms with Crippen LogP contribution in [0.3, 0.4) is 0 Å². The molecule has 3 atom stereocenters. The molecule has 0 saturated heterocycles. The van der Waals surface area contributed by atoms with Gasteiger partial charge >= 0.3 is 0 Å². The Morgan fingerprint density at radius 1 is 1.40 bits per heavy atom. The number of hydrogen-bond acceptors (Lipinski definition) is 3. The van der Waals surface area contributed by atoms with Gasteiger partial charge in [-0.05, 0) is 33.3 Å². The summed E-state index contributed by atoms with van der Waals surface area (Å²) in [6.07, 6.45) is 0.167. The van der Waals surface area contributed by atoms with E-state index in [-0.39, 0.29) is 18.0 Å². The molecule has 3 N–H and O–H groups in total. The number of nitrogens with two attached hydrogens (primary N) is 1. The van der Waals surface area contributed by atoms with Gasteiger partial charge in [0.05, 0.1) is 0 Å². The average Bonchev–Trinajstić information content (AvgIpc) is 2.37. The van der Waals surface area contributed by atoms with Crippen LogP contribution in [-0.4, -0.2) is 18.1 Å². The highest BCUT2D eigenvalue weighted by molar-refractivity contribution is 5.80. The van der Waals surface area contributed by atoms with Crippen LogP contribution < -0.4 is 15.8 Å². The molecule has 0 bridgehead atoms. The van der Waals surface area contributed by atoms with Crippen molar-refractivity contribution >= 4 is 5.91 Å². The van der Waals surface area contributed by atoms with Crippen LogP contribution in [-0.2, 0) is 4.79 Å². The first-order valence-electron chi connectivity index (χ1n) is 6.87. The van der Waals surface area contributed by atoms with Crippen LogP contribution in [0.25, 0.3) is 0 Å². The second kappa shape index (κ2) is 7.24. The molecule has 0 fully saturated rings. The first-order chi connectivity index (χ1) is 9.35. The van der Waals surface area contributed by atoms with Crippen molar-refractivity contribution < 1.29 is 13.9 Å². The number of carbonyl (C=O) groups excluding carboxylic acids is 1. The van der Waals surface area contributed by atoms with E-state index in [0.717, 1.165) is 6.42 Å². The third kappa shape index (κ3) is 4.49. The van der Waals surface area contributed by atoms with Crippen LogP contribution in [0.4, 0.5) is 4.39 Å². The maximum absolute atomic E-state index is 13.8. The van der Waals surface area contributed by atoms with Crippen LogP contribution in [0.2, 0.25) is 0 Å². The summed E-state index contributed by atoms with van der Waals surface area (Å²) >= 11 is 0. The van der Waals surface area contributed by atoms with Crippen LogP contribution in [0.15, 0.2) is 18.2 Å². The summed E-state index contributed by atoms with van der Waals surface area (Å²) in [5, 5.41) is 2.82. The van der Waals surface area contributed by atoms with Crippen molar-refractivity contribution in [2.75, 3.05) is 0 Å². The number of carbonyl (C=O) groups is 1. The van der Waals surface area contributed by atoms with Crippen molar-refractivity contribution in [3.05, 3.63) is 29.6 Å². The third-order valence-corrected chi connectivity index (χ3v) is 3.15. The van der Waals surface area contributed by atoms with E-state index in [9.17, 15) is 9.18 Å². The molecule has 1 aromatic carbocycles. The number of hydrogen-bond donors (Lipinski definition) is 2. The van der Waals surface area contributed by atoms with E-state index < -0.39 is 11.9 Å². The molecule has 0 heterocycles. The fraction of sp³-hybridized carbons (Fsp3) is 0.533. The molecule has 1 amide bonds. The normalized spacial score (nSPS) is 15.3. The molecule has 0 saturated carbocycles. The van der Waals surface area contributed by atoms with Gasteiger partial charge in [0, 0.05) is 23.7 Å². The lowest BCUT2D eigenvalue weighted by Gasteiger charge is -2.18. The smallest absolute Gasteiger partial charge is 0.260 e. The molecule has 0 aromatic heterocycles. The van der Waals surface area contributed by atoms with Crippen molar-refractivity contribution in [2.24, 2.45) is 5.73 Å². The van der Waals surface area contributed by atoms with Crippen LogP contribution in [0.1, 0.15) is 45.7 Å². The van der Waals surface area contributed by atoms with Crippen molar-refractivity contribution in [2.45, 2.75) is 52.3 Å². The monoisotopic (exact) mass is 282 g/mol. The van der Waals surface area contributed by atoms with Gasteiger partial charge in [-0.2, -0.15) is 0 Å². The van der Waals surface area contributed by atoms with Gasteiger partial charge in [0.1, 0.15) is 11.6 Å². The van der Waals surface area contributed by atoms with Gasteiger partial charge in [0.2, 0.25) is 0 Å². The lowest BCUT2D eigenvalue weighted by Crippen LogP contribution is -2.41. The maximum atomic E-state index is 13.8. The van der Waals surface area contributed by atoms with E-state index in [1.54, 1.807) is 26.0 Å². The van der Waals surface area contributed by atoms with E-state index in [1.165, 1.54) is 6.07 Å². The summed E-state index contributed by atoms with van der Waals surface area (Å²) in [4.78, 5) is 11.8. The molecule has 0 aliphatic carbocycles. The topological polar surface area (TPSA) is 64.3 Å². The second-order valence-electron chi connectivity index (χ2n) is 5.05. The Hall–Kier alpha value is -1.62. The molecule has 5 heteroatoms. The Bertz CT molecular complexity index is 463. The van der Waals surface area contributed by atoms with Crippen molar-refractivity contribution in [3.63, 3.8) is 0 Å². The Morgan fingerprint density at radius 3 is 2.55 bits per heavy atom. The molecule has 0 aliphatic heterocycles. The summed E-state index contributed by atoms with van der Waals surface area (Å²) in [5.74, 6) is -0.318. The fourth-order valence-corrected chi connectivity index (χ4v) is 1.67. The number of ether oxygens (including phenoxy) is 1. The maximum Gasteiger partial charge on any atom is 0.260 e. The van der Waals surface area contributed by atoms with E-state index in [0.29, 0.717) is 11.3 Å². The molecular formula is C15H23FN2O2. The number of nitrogens with one attached hydrogen (secondary N) is 1. The minimum atomic E-state index is -0.676. The molecule has 0 spiro atoms. The largest absolute Gasteiger partial charge is 0.481 e. The minimum absolute atomic E-state index is 0.0887. The zero-order valence-corrected chi connectivity index (χ0v) is 12.4. The molecule has 20 heavy (non-hydrogen) atoms. The van der Waals surface area contributed by atoms with Crippen LogP contribution >= 0.6 is 0 Å². The zero-order chi connectivity index (χ0) is 15.3. The SMILES string of the molecule is CCC(C)NC(=O)C(C)Oc1ccc([C@@H](C)N)c(F)c1. The van der Waals surface area contributed by atoms with Gasteiger partial charge < -0.3 is 15.8 Å². The van der Waals surface area contributed by atoms with Crippen molar-refractivity contribution in [1.82, 2.24) is 5.32 Å². The van der Waals surface area contributed by atoms with Gasteiger partial charge in [-0.25, -0.2) is 4.39 Å². The molecule has 1 rings (SSSR count). The summed E-state index contributed by atoms with van der Waals surface area (Å²) in [5.41, 5.74) is 6.06. The molecule has 0 radical (unpaired) electrons. The highest BCUT2D eigenvalue weighted by Crippen LogP contribution is 2.21. The molecule has 112 valence electrons. The van der Waals surface area contributed by atoms with Gasteiger partial charge in [-0.15, -0.1) is 0 Å². The van der Waals surface area contributed by atoms with Gasteiger partial charge in [-0.3, -0.25) is 4.79 Å². The summed E-state index contributed by atoms with van der Waals surface area (Å²) in [7, 11) is 0. The Balaban J connectivity index is 2.69. The Kier molecular flexibility index (Phi) is 5.95. The van der Waals surface area contributed by atoms with Crippen LogP contribution in [0.5, 0.6) is 5.75 Å². The second-order valence-corrected chi connectivity index (χ2v) is 5.05. The Morgan fingerprint density at radius 2 is 2.05 bits per heavy atom. The van der Waals surface area contributed by atoms with E-state index in [1.807, 2.05) is 13.8 Å². The molecule has 1 aromatic rings. The van der Waals surface area contributed by atoms with Crippen molar-refractivity contribution in [1.29, 1.82) is 0 Å². The fourth-order valence-electron chi connectivity index (χ4n) is 1.67. The Labute approximate surface area is 119 Å². The highest BCUT2D eigenvalue weighted by Gasteiger charge is 2.17. The first kappa shape index (κ1) is 16.4. The summed E-state index contributed by atoms with van der Waals surface area (Å²) < 4.78 is 19.2. The number of rotatable bonds is 6. The first-order valence-corrected chi connectivity index (χ1v) is 6.87. The van der Waals surface area contributed by atoms with Crippen molar-refractivity contribution in [3.8, 4) is 5.75 Å². The summed E-state index contributed by atoms with van der Waals surface area (Å²) in [6.45, 7) is 7.25. The number of benzene rings is 1. The predicted molar refractivity (Wildman–Crippen MR) is 77.0 cm³/mol. The van der Waals surface area contributed by atoms with Gasteiger partial charge in [0.25, 0.3) is 5.91 Å². The quantitative estimate of drug-likeness (QED) is 0.842. The molecule has 2 unspecified atom stereocenters. The standard InChI is InChI=1S/C15H23FN2O2/c1-5-9(2)18-15(19)11(4)20-12-6-7-13(10(3)17)14(16)8-12/h6-11H,5,17H2,1-4H3,(H,18,19)/t9?,10-,11?/m1/s1. The number of halogens is 1. The minimum Gasteiger partial charge on any atom is -0.481 e. The summed E-state index contributed by atoms with van der Waals surface area (Å²) in [6, 6.07) is 4.16. The van der Waals surface area contributed by atoms with Gasteiger partial charge in [0.15, 0.2) is 6.10 Å². The average molecular weight is 282 g/mol. The van der Waals surface area contributed by atoms with Gasteiger partial charge in [-0.1, -0.05) is 13.0 Å². The molecular weight excluding hydrogens is 259 g/mol. The number of amides is 1. The molecule has 0 aliphatic rings. The van der Waals surface area contributed by atoms with E-state index in [4.69, 9.17) is 10.5 Å². The third-order valence-electron chi connectivity index (χ3n) is 3.15. The highest BCUT2D eigenvalue weighted by atomic mass is 19.1. The molecule has 4 nitrogen and oxygen atoms in total.